The molecule has 1 aromatic rings. The maximum absolute atomic E-state index is 13.4. The zero-order valence-electron chi connectivity index (χ0n) is 10.3. The minimum Gasteiger partial charge on any atom is -0.494 e. The minimum atomic E-state index is -0.354. The maximum Gasteiger partial charge on any atom is 0.165 e. The predicted molar refractivity (Wildman–Crippen MR) is 62.5 cm³/mol. The van der Waals surface area contributed by atoms with Crippen molar-refractivity contribution in [3.05, 3.63) is 24.0 Å². The van der Waals surface area contributed by atoms with Crippen molar-refractivity contribution in [3.63, 3.8) is 0 Å². The van der Waals surface area contributed by atoms with Gasteiger partial charge in [-0.3, -0.25) is 0 Å². The molecule has 2 nitrogen and oxygen atoms in total. The molecule has 0 N–H and O–H groups in total. The van der Waals surface area contributed by atoms with Gasteiger partial charge >= 0.3 is 0 Å². The summed E-state index contributed by atoms with van der Waals surface area (Å²) in [5.74, 6) is 0.529. The molecule has 0 aliphatic carbocycles. The Morgan fingerprint density at radius 3 is 2.44 bits per heavy atom. The second kappa shape index (κ2) is 5.19. The van der Waals surface area contributed by atoms with Gasteiger partial charge in [0.1, 0.15) is 5.75 Å². The fraction of sp³-hybridized carbons (Fsp3) is 0.538. The molecule has 16 heavy (non-hydrogen) atoms. The smallest absolute Gasteiger partial charge is 0.165 e. The first-order valence-electron chi connectivity index (χ1n) is 5.47. The predicted octanol–water partition coefficient (Wildman–Crippen LogP) is 3.65. The van der Waals surface area contributed by atoms with E-state index in [1.807, 2.05) is 27.7 Å². The molecule has 3 heteroatoms. The van der Waals surface area contributed by atoms with E-state index in [1.54, 1.807) is 12.1 Å². The third-order valence-electron chi connectivity index (χ3n) is 1.87. The van der Waals surface area contributed by atoms with E-state index in [-0.39, 0.29) is 17.0 Å². The lowest BCUT2D eigenvalue weighted by atomic mass is 9.99. The van der Waals surface area contributed by atoms with Crippen molar-refractivity contribution < 1.29 is 13.9 Å². The Morgan fingerprint density at radius 2 is 1.88 bits per heavy atom. The van der Waals surface area contributed by atoms with Gasteiger partial charge in [0.2, 0.25) is 0 Å². The summed E-state index contributed by atoms with van der Waals surface area (Å²) in [6, 6.07) is 4.55. The normalized spacial score (nSPS) is 11.3. The summed E-state index contributed by atoms with van der Waals surface area (Å²) >= 11 is 0. The highest BCUT2D eigenvalue weighted by Crippen LogP contribution is 2.25. The van der Waals surface area contributed by atoms with Gasteiger partial charge < -0.3 is 9.47 Å². The average Bonchev–Trinajstić information content (AvgIpc) is 2.18. The van der Waals surface area contributed by atoms with Crippen molar-refractivity contribution in [2.24, 2.45) is 5.41 Å². The fourth-order valence-corrected chi connectivity index (χ4v) is 1.15. The van der Waals surface area contributed by atoms with Gasteiger partial charge in [0, 0.05) is 6.07 Å². The third-order valence-corrected chi connectivity index (χ3v) is 1.87. The van der Waals surface area contributed by atoms with Gasteiger partial charge in [-0.2, -0.15) is 0 Å². The molecule has 0 fully saturated rings. The summed E-state index contributed by atoms with van der Waals surface area (Å²) in [7, 11) is 0. The molecule has 0 aliphatic rings. The van der Waals surface area contributed by atoms with Gasteiger partial charge in [-0.1, -0.05) is 20.8 Å². The Bertz CT molecular complexity index is 342. The van der Waals surface area contributed by atoms with E-state index in [2.05, 4.69) is 0 Å². The van der Waals surface area contributed by atoms with Crippen molar-refractivity contribution in [3.8, 4) is 11.5 Å². The number of hydrogen-bond acceptors (Lipinski definition) is 2. The van der Waals surface area contributed by atoms with Gasteiger partial charge in [0.25, 0.3) is 0 Å². The molecular formula is C13H19FO2. The van der Waals surface area contributed by atoms with E-state index in [9.17, 15) is 4.39 Å². The van der Waals surface area contributed by atoms with Crippen LogP contribution in [0, 0.1) is 11.2 Å². The standard InChI is InChI=1S/C13H19FO2/c1-5-15-10-6-7-11(14)12(8-10)16-9-13(2,3)4/h6-8H,5,9H2,1-4H3. The number of hydrogen-bond donors (Lipinski definition) is 0. The van der Waals surface area contributed by atoms with Gasteiger partial charge in [-0.25, -0.2) is 4.39 Å². The van der Waals surface area contributed by atoms with Crippen LogP contribution in [0.1, 0.15) is 27.7 Å². The van der Waals surface area contributed by atoms with Crippen molar-refractivity contribution in [1.82, 2.24) is 0 Å². The van der Waals surface area contributed by atoms with Crippen LogP contribution in [0.5, 0.6) is 11.5 Å². The molecule has 1 rings (SSSR count). The molecule has 0 atom stereocenters. The highest BCUT2D eigenvalue weighted by molar-refractivity contribution is 5.34. The molecule has 0 bridgehead atoms. The van der Waals surface area contributed by atoms with Gasteiger partial charge in [-0.05, 0) is 24.5 Å². The molecule has 0 amide bonds. The summed E-state index contributed by atoms with van der Waals surface area (Å²) in [6.45, 7) is 9.04. The van der Waals surface area contributed by atoms with E-state index in [4.69, 9.17) is 9.47 Å². The zero-order chi connectivity index (χ0) is 12.2. The SMILES string of the molecule is CCOc1ccc(F)c(OCC(C)(C)C)c1. The Labute approximate surface area is 96.4 Å². The third kappa shape index (κ3) is 4.09. The molecule has 0 aliphatic heterocycles. The van der Waals surface area contributed by atoms with Crippen molar-refractivity contribution in [2.75, 3.05) is 13.2 Å². The van der Waals surface area contributed by atoms with E-state index in [0.717, 1.165) is 0 Å². The first-order chi connectivity index (χ1) is 7.42. The molecular weight excluding hydrogens is 207 g/mol. The van der Waals surface area contributed by atoms with Crippen molar-refractivity contribution >= 4 is 0 Å². The molecule has 0 saturated heterocycles. The Morgan fingerprint density at radius 1 is 1.19 bits per heavy atom. The minimum absolute atomic E-state index is 0.00799. The molecule has 1 aromatic carbocycles. The lowest BCUT2D eigenvalue weighted by molar-refractivity contribution is 0.190. The van der Waals surface area contributed by atoms with Crippen LogP contribution in [0.25, 0.3) is 0 Å². The summed E-state index contributed by atoms with van der Waals surface area (Å²) in [5, 5.41) is 0. The quantitative estimate of drug-likeness (QED) is 0.780. The van der Waals surface area contributed by atoms with Gasteiger partial charge in [0.05, 0.1) is 13.2 Å². The topological polar surface area (TPSA) is 18.5 Å². The molecule has 0 saturated carbocycles. The lowest BCUT2D eigenvalue weighted by Crippen LogP contribution is -2.17. The second-order valence-electron chi connectivity index (χ2n) is 4.87. The van der Waals surface area contributed by atoms with Gasteiger partial charge in [0.15, 0.2) is 11.6 Å². The largest absolute Gasteiger partial charge is 0.494 e. The van der Waals surface area contributed by atoms with Crippen LogP contribution in [0.2, 0.25) is 0 Å². The molecule has 0 aromatic heterocycles. The average molecular weight is 226 g/mol. The Kier molecular flexibility index (Phi) is 4.16. The van der Waals surface area contributed by atoms with Crippen LogP contribution >= 0.6 is 0 Å². The van der Waals surface area contributed by atoms with E-state index in [1.165, 1.54) is 6.07 Å². The second-order valence-corrected chi connectivity index (χ2v) is 4.87. The van der Waals surface area contributed by atoms with Crippen LogP contribution < -0.4 is 9.47 Å². The first kappa shape index (κ1) is 12.8. The lowest BCUT2D eigenvalue weighted by Gasteiger charge is -2.19. The number of benzene rings is 1. The molecule has 0 unspecified atom stereocenters. The maximum atomic E-state index is 13.4. The first-order valence-corrected chi connectivity index (χ1v) is 5.47. The monoisotopic (exact) mass is 226 g/mol. The molecule has 90 valence electrons. The van der Waals surface area contributed by atoms with Crippen LogP contribution in [-0.4, -0.2) is 13.2 Å². The van der Waals surface area contributed by atoms with Crippen LogP contribution in [0.3, 0.4) is 0 Å². The molecule has 0 radical (unpaired) electrons. The summed E-state index contributed by atoms with van der Waals surface area (Å²) < 4.78 is 24.1. The highest BCUT2D eigenvalue weighted by Gasteiger charge is 2.13. The van der Waals surface area contributed by atoms with E-state index < -0.39 is 0 Å². The molecule has 0 spiro atoms. The van der Waals surface area contributed by atoms with Crippen LogP contribution in [0.4, 0.5) is 4.39 Å². The zero-order valence-corrected chi connectivity index (χ0v) is 10.3. The summed E-state index contributed by atoms with van der Waals surface area (Å²) in [5.41, 5.74) is 0.00799. The fourth-order valence-electron chi connectivity index (χ4n) is 1.15. The van der Waals surface area contributed by atoms with Crippen LogP contribution in [0.15, 0.2) is 18.2 Å². The van der Waals surface area contributed by atoms with E-state index >= 15 is 0 Å². The summed E-state index contributed by atoms with van der Waals surface area (Å²) in [4.78, 5) is 0. The number of rotatable bonds is 4. The van der Waals surface area contributed by atoms with Crippen molar-refractivity contribution in [2.45, 2.75) is 27.7 Å². The van der Waals surface area contributed by atoms with E-state index in [0.29, 0.717) is 19.0 Å². The summed E-state index contributed by atoms with van der Waals surface area (Å²) in [6.07, 6.45) is 0. The molecule has 0 heterocycles. The number of ether oxygens (including phenoxy) is 2. The number of halogens is 1. The highest BCUT2D eigenvalue weighted by atomic mass is 19.1. The van der Waals surface area contributed by atoms with Crippen LogP contribution in [-0.2, 0) is 0 Å². The Balaban J connectivity index is 2.74. The van der Waals surface area contributed by atoms with Gasteiger partial charge in [-0.15, -0.1) is 0 Å². The van der Waals surface area contributed by atoms with Crippen molar-refractivity contribution in [1.29, 1.82) is 0 Å². The Hall–Kier alpha value is -1.25.